The molecule has 38 heavy (non-hydrogen) atoms. The van der Waals surface area contributed by atoms with Crippen LogP contribution >= 0.6 is 33.9 Å². The Labute approximate surface area is 238 Å². The molecule has 3 aromatic carbocycles. The quantitative estimate of drug-likeness (QED) is 0.116. The molecule has 4 rings (SSSR count). The van der Waals surface area contributed by atoms with Crippen molar-refractivity contribution in [3.05, 3.63) is 86.3 Å². The lowest BCUT2D eigenvalue weighted by Crippen LogP contribution is -2.17. The Morgan fingerprint density at radius 2 is 1.92 bits per heavy atom. The normalized spacial score (nSPS) is 10.7. The zero-order valence-corrected chi connectivity index (χ0v) is 23.7. The summed E-state index contributed by atoms with van der Waals surface area (Å²) in [6.07, 6.45) is 1.53. The van der Waals surface area contributed by atoms with Crippen molar-refractivity contribution < 1.29 is 14.3 Å². The summed E-state index contributed by atoms with van der Waals surface area (Å²) in [5, 5.41) is 19.0. The number of hydrazone groups is 1. The number of nitrogens with zero attached hydrogens (tertiary/aromatic N) is 3. The van der Waals surface area contributed by atoms with Crippen LogP contribution < -0.4 is 20.2 Å². The minimum absolute atomic E-state index is 0.0771. The van der Waals surface area contributed by atoms with Gasteiger partial charge in [-0.3, -0.25) is 4.79 Å². The van der Waals surface area contributed by atoms with E-state index in [1.807, 2.05) is 60.8 Å². The molecule has 4 aromatic rings. The Bertz CT molecular complexity index is 1480. The predicted octanol–water partition coefficient (Wildman–Crippen LogP) is 6.53. The minimum atomic E-state index is -0.332. The Morgan fingerprint density at radius 3 is 2.63 bits per heavy atom. The summed E-state index contributed by atoms with van der Waals surface area (Å²) in [7, 11) is 0. The number of ether oxygens (including phenoxy) is 2. The van der Waals surface area contributed by atoms with Gasteiger partial charge < -0.3 is 14.8 Å². The number of amides is 1. The van der Waals surface area contributed by atoms with E-state index < -0.39 is 0 Å². The molecule has 0 atom stereocenters. The Balaban J connectivity index is 1.38. The number of carbonyl (C=O) groups excluding carboxylic acids is 1. The number of benzene rings is 3. The molecule has 1 aromatic heterocycles. The molecule has 0 aliphatic carbocycles. The van der Waals surface area contributed by atoms with E-state index >= 15 is 0 Å². The van der Waals surface area contributed by atoms with Crippen LogP contribution in [0.25, 0.3) is 11.3 Å². The molecule has 192 valence electrons. The second kappa shape index (κ2) is 13.0. The van der Waals surface area contributed by atoms with Crippen LogP contribution in [0.5, 0.6) is 11.5 Å². The second-order valence-corrected chi connectivity index (χ2v) is 10.0. The number of aryl methyl sites for hydroxylation is 1. The predicted molar refractivity (Wildman–Crippen MR) is 159 cm³/mol. The van der Waals surface area contributed by atoms with Crippen molar-refractivity contribution in [2.75, 3.05) is 18.5 Å². The fourth-order valence-electron chi connectivity index (χ4n) is 3.42. The molecule has 0 saturated carbocycles. The van der Waals surface area contributed by atoms with Gasteiger partial charge in [0.05, 0.1) is 22.1 Å². The van der Waals surface area contributed by atoms with Crippen LogP contribution in [0.4, 0.5) is 10.8 Å². The zero-order valence-electron chi connectivity index (χ0n) is 20.7. The standard InChI is InChI=1S/C28H24IN5O3S/c1-3-36-25-15-19(14-23(29)26(25)37-13-12-30)16-31-34-27(35)21-8-6-20(7-9-21)24-17-38-28(33-24)32-22-10-4-18(2)5-11-22/h4-11,14-17H,3,13H2,1-2H3,(H,32,33)(H,34,35)/b31-16-. The lowest BCUT2D eigenvalue weighted by atomic mass is 10.1. The van der Waals surface area contributed by atoms with Gasteiger partial charge in [0, 0.05) is 22.2 Å². The maximum absolute atomic E-state index is 12.6. The number of halogens is 1. The van der Waals surface area contributed by atoms with Crippen molar-refractivity contribution in [1.82, 2.24) is 10.4 Å². The summed E-state index contributed by atoms with van der Waals surface area (Å²) in [5.74, 6) is 0.687. The summed E-state index contributed by atoms with van der Waals surface area (Å²) in [6.45, 7) is 4.28. The van der Waals surface area contributed by atoms with Crippen LogP contribution in [-0.2, 0) is 0 Å². The molecule has 0 radical (unpaired) electrons. The van der Waals surface area contributed by atoms with Crippen molar-refractivity contribution >= 4 is 56.9 Å². The van der Waals surface area contributed by atoms with Crippen LogP contribution in [0, 0.1) is 21.8 Å². The number of nitrogens with one attached hydrogen (secondary N) is 2. The molecular formula is C28H24IN5O3S. The smallest absolute Gasteiger partial charge is 0.271 e. The summed E-state index contributed by atoms with van der Waals surface area (Å²) in [4.78, 5) is 17.3. The maximum atomic E-state index is 12.6. The van der Waals surface area contributed by atoms with Gasteiger partial charge in [0.25, 0.3) is 5.91 Å². The van der Waals surface area contributed by atoms with Gasteiger partial charge in [-0.05, 0) is 78.4 Å². The topological polar surface area (TPSA) is 109 Å². The Kier molecular flexibility index (Phi) is 9.29. The van der Waals surface area contributed by atoms with Crippen molar-refractivity contribution in [3.63, 3.8) is 0 Å². The first-order valence-corrected chi connectivity index (χ1v) is 13.6. The largest absolute Gasteiger partial charge is 0.490 e. The first kappa shape index (κ1) is 27.1. The van der Waals surface area contributed by atoms with E-state index in [-0.39, 0.29) is 12.5 Å². The lowest BCUT2D eigenvalue weighted by Gasteiger charge is -2.12. The number of hydrogen-bond acceptors (Lipinski definition) is 8. The third-order valence-corrected chi connectivity index (χ3v) is 6.80. The van der Waals surface area contributed by atoms with Gasteiger partial charge in [-0.25, -0.2) is 10.4 Å². The number of aromatic nitrogens is 1. The number of rotatable bonds is 10. The van der Waals surface area contributed by atoms with Gasteiger partial charge in [0.1, 0.15) is 6.07 Å². The van der Waals surface area contributed by atoms with Crippen molar-refractivity contribution in [2.45, 2.75) is 13.8 Å². The average molecular weight is 638 g/mol. The highest BCUT2D eigenvalue weighted by Crippen LogP contribution is 2.34. The molecule has 0 unspecified atom stereocenters. The van der Waals surface area contributed by atoms with E-state index in [2.05, 4.69) is 50.3 Å². The molecule has 0 aliphatic rings. The first-order valence-electron chi connectivity index (χ1n) is 11.7. The van der Waals surface area contributed by atoms with E-state index in [9.17, 15) is 4.79 Å². The van der Waals surface area contributed by atoms with Crippen LogP contribution in [0.2, 0.25) is 0 Å². The van der Waals surface area contributed by atoms with Crippen LogP contribution in [-0.4, -0.2) is 30.3 Å². The van der Waals surface area contributed by atoms with Gasteiger partial charge >= 0.3 is 0 Å². The molecule has 2 N–H and O–H groups in total. The number of anilines is 2. The molecule has 0 bridgehead atoms. The first-order chi connectivity index (χ1) is 18.5. The van der Waals surface area contributed by atoms with E-state index in [4.69, 9.17) is 14.7 Å². The number of nitriles is 1. The molecule has 1 amide bonds. The second-order valence-electron chi connectivity index (χ2n) is 8.02. The third kappa shape index (κ3) is 7.08. The summed E-state index contributed by atoms with van der Waals surface area (Å²) in [5.41, 5.74) is 7.67. The van der Waals surface area contributed by atoms with Gasteiger partial charge in [-0.15, -0.1) is 11.3 Å². The van der Waals surface area contributed by atoms with Crippen LogP contribution in [0.1, 0.15) is 28.4 Å². The summed E-state index contributed by atoms with van der Waals surface area (Å²) >= 11 is 3.63. The van der Waals surface area contributed by atoms with Gasteiger partial charge in [0.15, 0.2) is 23.2 Å². The number of carbonyl (C=O) groups is 1. The van der Waals surface area contributed by atoms with Gasteiger partial charge in [-0.1, -0.05) is 29.8 Å². The van der Waals surface area contributed by atoms with Crippen LogP contribution in [0.3, 0.4) is 0 Å². The monoisotopic (exact) mass is 637 g/mol. The zero-order chi connectivity index (χ0) is 26.9. The summed E-state index contributed by atoms with van der Waals surface area (Å²) in [6, 6.07) is 20.9. The average Bonchev–Trinajstić information content (AvgIpc) is 3.38. The van der Waals surface area contributed by atoms with E-state index in [0.29, 0.717) is 23.7 Å². The highest BCUT2D eigenvalue weighted by Gasteiger charge is 2.12. The van der Waals surface area contributed by atoms with Crippen molar-refractivity contribution in [1.29, 1.82) is 5.26 Å². The Hall–Kier alpha value is -3.95. The molecule has 0 fully saturated rings. The maximum Gasteiger partial charge on any atom is 0.271 e. The molecule has 0 aliphatic heterocycles. The fourth-order valence-corrected chi connectivity index (χ4v) is 4.94. The van der Waals surface area contributed by atoms with Crippen LogP contribution in [0.15, 0.2) is 71.1 Å². The number of hydrogen-bond donors (Lipinski definition) is 2. The molecule has 10 heteroatoms. The van der Waals surface area contributed by atoms with E-state index in [0.717, 1.165) is 31.2 Å². The van der Waals surface area contributed by atoms with Gasteiger partial charge in [0.2, 0.25) is 0 Å². The van der Waals surface area contributed by atoms with Crippen molar-refractivity contribution in [3.8, 4) is 28.8 Å². The fraction of sp³-hybridized carbons (Fsp3) is 0.143. The highest BCUT2D eigenvalue weighted by molar-refractivity contribution is 14.1. The van der Waals surface area contributed by atoms with Crippen molar-refractivity contribution in [2.24, 2.45) is 5.10 Å². The van der Waals surface area contributed by atoms with Gasteiger partial charge in [-0.2, -0.15) is 10.4 Å². The molecule has 8 nitrogen and oxygen atoms in total. The highest BCUT2D eigenvalue weighted by atomic mass is 127. The van der Waals surface area contributed by atoms with E-state index in [1.54, 1.807) is 18.2 Å². The minimum Gasteiger partial charge on any atom is -0.490 e. The summed E-state index contributed by atoms with van der Waals surface area (Å²) < 4.78 is 11.9. The third-order valence-electron chi connectivity index (χ3n) is 5.24. The molecule has 0 spiro atoms. The lowest BCUT2D eigenvalue weighted by molar-refractivity contribution is 0.0955. The molecular weight excluding hydrogens is 613 g/mol. The molecule has 0 saturated heterocycles. The van der Waals surface area contributed by atoms with E-state index in [1.165, 1.54) is 23.1 Å². The Morgan fingerprint density at radius 1 is 1.16 bits per heavy atom. The SMILES string of the molecule is CCOc1cc(/C=N\NC(=O)c2ccc(-c3csc(Nc4ccc(C)cc4)n3)cc2)cc(I)c1OCC#N. The number of thiazole rings is 1. The molecule has 1 heterocycles.